The van der Waals surface area contributed by atoms with Gasteiger partial charge in [0.2, 0.25) is 0 Å². The number of fused-ring (bicyclic) bond motifs is 1. The number of rotatable bonds is 4. The van der Waals surface area contributed by atoms with Gasteiger partial charge in [0.25, 0.3) is 0 Å². The van der Waals surface area contributed by atoms with Gasteiger partial charge in [-0.25, -0.2) is 0 Å². The van der Waals surface area contributed by atoms with Crippen LogP contribution in [-0.2, 0) is 17.2 Å². The lowest BCUT2D eigenvalue weighted by Crippen LogP contribution is -2.13. The minimum Gasteiger partial charge on any atom is -0.495 e. The SMILES string of the molecule is COc1cc(N)ccc1S(=O)CC1Cc2ccccc2S1. The molecule has 3 nitrogen and oxygen atoms in total. The monoisotopic (exact) mass is 319 g/mol. The van der Waals surface area contributed by atoms with Crippen molar-refractivity contribution < 1.29 is 8.95 Å². The Morgan fingerprint density at radius 3 is 2.90 bits per heavy atom. The standard InChI is InChI=1S/C16H17NO2S2/c1-19-14-9-12(17)6-7-16(14)21(18)10-13-8-11-4-2-3-5-15(11)20-13/h2-7,9,13H,8,10,17H2,1H3. The van der Waals surface area contributed by atoms with Gasteiger partial charge >= 0.3 is 0 Å². The molecule has 0 saturated heterocycles. The molecule has 0 amide bonds. The molecule has 2 N–H and O–H groups in total. The molecule has 2 aromatic rings. The van der Waals surface area contributed by atoms with Crippen molar-refractivity contribution in [2.24, 2.45) is 0 Å². The van der Waals surface area contributed by atoms with Crippen LogP contribution in [0.3, 0.4) is 0 Å². The Morgan fingerprint density at radius 1 is 1.33 bits per heavy atom. The van der Waals surface area contributed by atoms with Crippen molar-refractivity contribution in [3.05, 3.63) is 48.0 Å². The van der Waals surface area contributed by atoms with Gasteiger partial charge in [0.05, 0.1) is 22.8 Å². The molecule has 0 radical (unpaired) electrons. The maximum absolute atomic E-state index is 12.6. The summed E-state index contributed by atoms with van der Waals surface area (Å²) in [5.74, 6) is 1.23. The quantitative estimate of drug-likeness (QED) is 0.880. The average Bonchev–Trinajstić information content (AvgIpc) is 2.88. The Labute approximate surface area is 131 Å². The van der Waals surface area contributed by atoms with Gasteiger partial charge in [-0.15, -0.1) is 11.8 Å². The van der Waals surface area contributed by atoms with Crippen molar-refractivity contribution in [3.63, 3.8) is 0 Å². The predicted molar refractivity (Wildman–Crippen MR) is 88.5 cm³/mol. The molecule has 0 aromatic heterocycles. The molecule has 21 heavy (non-hydrogen) atoms. The van der Waals surface area contributed by atoms with Gasteiger partial charge in [-0.3, -0.25) is 4.21 Å². The highest BCUT2D eigenvalue weighted by Gasteiger charge is 2.25. The summed E-state index contributed by atoms with van der Waals surface area (Å²) < 4.78 is 17.9. The van der Waals surface area contributed by atoms with Crippen LogP contribution in [0.1, 0.15) is 5.56 Å². The van der Waals surface area contributed by atoms with Gasteiger partial charge in [-0.2, -0.15) is 0 Å². The van der Waals surface area contributed by atoms with E-state index in [1.54, 1.807) is 25.3 Å². The van der Waals surface area contributed by atoms with Crippen LogP contribution >= 0.6 is 11.8 Å². The van der Waals surface area contributed by atoms with Crippen LogP contribution in [-0.4, -0.2) is 22.3 Å². The number of hydrogen-bond donors (Lipinski definition) is 1. The molecule has 110 valence electrons. The summed E-state index contributed by atoms with van der Waals surface area (Å²) in [5, 5.41) is 0.352. The van der Waals surface area contributed by atoms with Gasteiger partial charge in [0.1, 0.15) is 5.75 Å². The highest BCUT2D eigenvalue weighted by molar-refractivity contribution is 8.01. The maximum Gasteiger partial charge on any atom is 0.137 e. The van der Waals surface area contributed by atoms with E-state index in [1.807, 2.05) is 17.8 Å². The normalized spacial score (nSPS) is 18.2. The predicted octanol–water partition coefficient (Wildman–Crippen LogP) is 3.10. The third-order valence-electron chi connectivity index (χ3n) is 3.48. The lowest BCUT2D eigenvalue weighted by Gasteiger charge is -2.12. The second kappa shape index (κ2) is 6.12. The molecule has 0 saturated carbocycles. The molecular weight excluding hydrogens is 302 g/mol. The fourth-order valence-electron chi connectivity index (χ4n) is 2.48. The summed E-state index contributed by atoms with van der Waals surface area (Å²) in [6.07, 6.45) is 0.976. The first-order chi connectivity index (χ1) is 10.2. The summed E-state index contributed by atoms with van der Waals surface area (Å²) in [4.78, 5) is 2.03. The zero-order valence-corrected chi connectivity index (χ0v) is 13.4. The Balaban J connectivity index is 1.74. The van der Waals surface area contributed by atoms with E-state index >= 15 is 0 Å². The molecule has 0 fully saturated rings. The maximum atomic E-state index is 12.6. The molecule has 0 aliphatic carbocycles. The topological polar surface area (TPSA) is 52.3 Å². The third kappa shape index (κ3) is 3.09. The molecule has 1 heterocycles. The number of ether oxygens (including phenoxy) is 1. The van der Waals surface area contributed by atoms with E-state index < -0.39 is 10.8 Å². The Kier molecular flexibility index (Phi) is 4.22. The second-order valence-corrected chi connectivity index (χ2v) is 7.78. The average molecular weight is 319 g/mol. The fraction of sp³-hybridized carbons (Fsp3) is 0.250. The van der Waals surface area contributed by atoms with E-state index in [9.17, 15) is 4.21 Å². The number of hydrogen-bond acceptors (Lipinski definition) is 4. The first-order valence-electron chi connectivity index (χ1n) is 6.74. The molecule has 0 bridgehead atoms. The van der Waals surface area contributed by atoms with Gasteiger partial charge < -0.3 is 10.5 Å². The smallest absolute Gasteiger partial charge is 0.137 e. The first-order valence-corrected chi connectivity index (χ1v) is 8.93. The number of thioether (sulfide) groups is 1. The van der Waals surface area contributed by atoms with Crippen LogP contribution in [0.2, 0.25) is 0 Å². The van der Waals surface area contributed by atoms with Gasteiger partial charge in [-0.05, 0) is 30.2 Å². The van der Waals surface area contributed by atoms with Crippen molar-refractivity contribution >= 4 is 28.2 Å². The van der Waals surface area contributed by atoms with Crippen LogP contribution in [0, 0.1) is 0 Å². The summed E-state index contributed by atoms with van der Waals surface area (Å²) in [5.41, 5.74) is 7.72. The summed E-state index contributed by atoms with van der Waals surface area (Å²) in [6, 6.07) is 13.7. The van der Waals surface area contributed by atoms with Crippen molar-refractivity contribution in [2.45, 2.75) is 21.5 Å². The second-order valence-electron chi connectivity index (χ2n) is 4.97. The number of methoxy groups -OCH3 is 1. The van der Waals surface area contributed by atoms with Crippen LogP contribution in [0.4, 0.5) is 5.69 Å². The molecule has 2 atom stereocenters. The Hall–Kier alpha value is -1.46. The number of anilines is 1. The molecule has 1 aliphatic rings. The van der Waals surface area contributed by atoms with Crippen LogP contribution in [0.25, 0.3) is 0 Å². The zero-order chi connectivity index (χ0) is 14.8. The van der Waals surface area contributed by atoms with Gasteiger partial charge in [0.15, 0.2) is 0 Å². The van der Waals surface area contributed by atoms with E-state index in [0.29, 0.717) is 22.4 Å². The van der Waals surface area contributed by atoms with E-state index in [2.05, 4.69) is 18.2 Å². The van der Waals surface area contributed by atoms with Gasteiger partial charge in [-0.1, -0.05) is 18.2 Å². The van der Waals surface area contributed by atoms with E-state index in [-0.39, 0.29) is 0 Å². The van der Waals surface area contributed by atoms with Crippen LogP contribution in [0.15, 0.2) is 52.3 Å². The summed E-state index contributed by atoms with van der Waals surface area (Å²) in [6.45, 7) is 0. The lowest BCUT2D eigenvalue weighted by molar-refractivity contribution is 0.404. The highest BCUT2D eigenvalue weighted by atomic mass is 32.2. The summed E-state index contributed by atoms with van der Waals surface area (Å²) in [7, 11) is 0.496. The Bertz CT molecular complexity index is 663. The zero-order valence-electron chi connectivity index (χ0n) is 11.7. The minimum absolute atomic E-state index is 0.352. The Morgan fingerprint density at radius 2 is 2.14 bits per heavy atom. The van der Waals surface area contributed by atoms with E-state index in [0.717, 1.165) is 11.3 Å². The molecule has 2 aromatic carbocycles. The van der Waals surface area contributed by atoms with Gasteiger partial charge in [0, 0.05) is 27.7 Å². The third-order valence-corrected chi connectivity index (χ3v) is 6.55. The largest absolute Gasteiger partial charge is 0.495 e. The van der Waals surface area contributed by atoms with Crippen molar-refractivity contribution in [1.29, 1.82) is 0 Å². The molecule has 3 rings (SSSR count). The lowest BCUT2D eigenvalue weighted by atomic mass is 10.1. The number of benzene rings is 2. The van der Waals surface area contributed by atoms with Crippen molar-refractivity contribution in [1.82, 2.24) is 0 Å². The highest BCUT2D eigenvalue weighted by Crippen LogP contribution is 2.38. The van der Waals surface area contributed by atoms with Crippen molar-refractivity contribution in [3.8, 4) is 5.75 Å². The summed E-state index contributed by atoms with van der Waals surface area (Å²) >= 11 is 1.82. The molecule has 5 heteroatoms. The molecule has 0 spiro atoms. The molecular formula is C16H17NO2S2. The van der Waals surface area contributed by atoms with Crippen molar-refractivity contribution in [2.75, 3.05) is 18.6 Å². The van der Waals surface area contributed by atoms with E-state index in [1.165, 1.54) is 10.5 Å². The fourth-order valence-corrected chi connectivity index (χ4v) is 5.42. The minimum atomic E-state index is -1.08. The molecule has 2 unspecified atom stereocenters. The van der Waals surface area contributed by atoms with Crippen LogP contribution < -0.4 is 10.5 Å². The number of nitrogen functional groups attached to an aromatic ring is 1. The van der Waals surface area contributed by atoms with E-state index in [4.69, 9.17) is 10.5 Å². The number of nitrogens with two attached hydrogens (primary N) is 1. The van der Waals surface area contributed by atoms with Crippen LogP contribution in [0.5, 0.6) is 5.75 Å². The first kappa shape index (κ1) is 14.5. The molecule has 1 aliphatic heterocycles.